The van der Waals surface area contributed by atoms with Crippen molar-refractivity contribution < 1.29 is 13.2 Å². The molecule has 1 atom stereocenters. The van der Waals surface area contributed by atoms with Crippen LogP contribution in [0.1, 0.15) is 28.3 Å². The van der Waals surface area contributed by atoms with Crippen LogP contribution in [0.4, 0.5) is 0 Å². The minimum absolute atomic E-state index is 0.0779. The fourth-order valence-corrected chi connectivity index (χ4v) is 3.41. The lowest BCUT2D eigenvalue weighted by Gasteiger charge is -2.12. The lowest BCUT2D eigenvalue weighted by molar-refractivity contribution is 0.0931. The quantitative estimate of drug-likeness (QED) is 0.862. The lowest BCUT2D eigenvalue weighted by atomic mass is 10.2. The minimum Gasteiger partial charge on any atom is -0.343 e. The van der Waals surface area contributed by atoms with Crippen LogP contribution in [-0.2, 0) is 17.1 Å². The Morgan fingerprint density at radius 2 is 2.15 bits per heavy atom. The fraction of sp³-hybridized carbons (Fsp3) is 0.273. The molecule has 0 radical (unpaired) electrons. The summed E-state index contributed by atoms with van der Waals surface area (Å²) in [6, 6.07) is 4.35. The highest BCUT2D eigenvalue weighted by molar-refractivity contribution is 7.91. The van der Waals surface area contributed by atoms with E-state index in [1.165, 1.54) is 16.9 Å². The highest BCUT2D eigenvalue weighted by Crippen LogP contribution is 2.25. The normalized spacial score (nSPS) is 13.2. The zero-order valence-electron chi connectivity index (χ0n) is 10.9. The first-order chi connectivity index (χ1) is 9.29. The van der Waals surface area contributed by atoms with Crippen molar-refractivity contribution in [2.24, 2.45) is 12.2 Å². The van der Waals surface area contributed by atoms with Gasteiger partial charge >= 0.3 is 0 Å². The number of nitrogens with two attached hydrogens (primary N) is 1. The van der Waals surface area contributed by atoms with Crippen molar-refractivity contribution in [3.05, 3.63) is 35.0 Å². The highest BCUT2D eigenvalue weighted by Gasteiger charge is 2.18. The van der Waals surface area contributed by atoms with E-state index < -0.39 is 10.0 Å². The number of nitrogens with zero attached hydrogens (tertiary/aromatic N) is 2. The topological polar surface area (TPSA) is 107 Å². The standard InChI is InChI=1S/C11H14N4O3S2/c1-7(9-3-4-10(19-9)20(12,17)18)14-11(16)8-5-6-13-15(8)2/h3-7H,1-2H3,(H,14,16)(H2,12,17,18). The molecule has 3 N–H and O–H groups in total. The number of carbonyl (C=O) groups is 1. The number of primary sulfonamides is 1. The maximum Gasteiger partial charge on any atom is 0.270 e. The second-order valence-electron chi connectivity index (χ2n) is 4.24. The van der Waals surface area contributed by atoms with Gasteiger partial charge in [0.15, 0.2) is 0 Å². The summed E-state index contributed by atoms with van der Waals surface area (Å²) in [6.45, 7) is 1.77. The first-order valence-electron chi connectivity index (χ1n) is 5.70. The van der Waals surface area contributed by atoms with Gasteiger partial charge < -0.3 is 5.32 Å². The summed E-state index contributed by atoms with van der Waals surface area (Å²) in [5.41, 5.74) is 0.431. The van der Waals surface area contributed by atoms with Crippen molar-refractivity contribution in [1.82, 2.24) is 15.1 Å². The summed E-state index contributed by atoms with van der Waals surface area (Å²) in [5.74, 6) is -0.275. The van der Waals surface area contributed by atoms with Gasteiger partial charge in [0.25, 0.3) is 5.91 Å². The molecule has 0 aromatic carbocycles. The smallest absolute Gasteiger partial charge is 0.270 e. The van der Waals surface area contributed by atoms with E-state index in [1.807, 2.05) is 0 Å². The van der Waals surface area contributed by atoms with Gasteiger partial charge in [-0.05, 0) is 25.1 Å². The predicted molar refractivity (Wildman–Crippen MR) is 74.8 cm³/mol. The van der Waals surface area contributed by atoms with Crippen LogP contribution < -0.4 is 10.5 Å². The van der Waals surface area contributed by atoms with Crippen LogP contribution in [0.15, 0.2) is 28.6 Å². The van der Waals surface area contributed by atoms with E-state index in [0.717, 1.165) is 11.3 Å². The first kappa shape index (κ1) is 14.7. The summed E-state index contributed by atoms with van der Waals surface area (Å²) in [4.78, 5) is 12.7. The molecule has 0 spiro atoms. The summed E-state index contributed by atoms with van der Waals surface area (Å²) in [5, 5.41) is 11.7. The number of hydrogen-bond acceptors (Lipinski definition) is 5. The minimum atomic E-state index is -3.70. The number of sulfonamides is 1. The summed E-state index contributed by atoms with van der Waals surface area (Å²) < 4.78 is 24.0. The summed E-state index contributed by atoms with van der Waals surface area (Å²) in [6.07, 6.45) is 1.53. The Labute approximate surface area is 120 Å². The molecule has 2 rings (SSSR count). The highest BCUT2D eigenvalue weighted by atomic mass is 32.2. The van der Waals surface area contributed by atoms with Gasteiger partial charge in [-0.1, -0.05) is 0 Å². The molecule has 0 saturated carbocycles. The second kappa shape index (κ2) is 5.35. The Morgan fingerprint density at radius 3 is 2.65 bits per heavy atom. The molecular weight excluding hydrogens is 300 g/mol. The largest absolute Gasteiger partial charge is 0.343 e. The van der Waals surface area contributed by atoms with Crippen LogP contribution in [0, 0.1) is 0 Å². The SMILES string of the molecule is CC(NC(=O)c1ccnn1C)c1ccc(S(N)(=O)=O)s1. The molecule has 0 bridgehead atoms. The number of aryl methyl sites for hydroxylation is 1. The van der Waals surface area contributed by atoms with Crippen molar-refractivity contribution in [3.8, 4) is 0 Å². The monoisotopic (exact) mass is 314 g/mol. The van der Waals surface area contributed by atoms with E-state index in [0.29, 0.717) is 10.6 Å². The number of rotatable bonds is 4. The Bertz CT molecular complexity index is 732. The van der Waals surface area contributed by atoms with Gasteiger partial charge in [0.05, 0.1) is 6.04 Å². The van der Waals surface area contributed by atoms with E-state index in [2.05, 4.69) is 10.4 Å². The van der Waals surface area contributed by atoms with Gasteiger partial charge in [0.1, 0.15) is 9.90 Å². The van der Waals surface area contributed by atoms with Crippen LogP contribution in [0.25, 0.3) is 0 Å². The zero-order valence-corrected chi connectivity index (χ0v) is 12.5. The van der Waals surface area contributed by atoms with Crippen LogP contribution in [-0.4, -0.2) is 24.1 Å². The zero-order chi connectivity index (χ0) is 14.9. The van der Waals surface area contributed by atoms with E-state index in [9.17, 15) is 13.2 Å². The first-order valence-corrected chi connectivity index (χ1v) is 8.06. The molecule has 1 unspecified atom stereocenters. The van der Waals surface area contributed by atoms with Crippen molar-refractivity contribution >= 4 is 27.3 Å². The Hall–Kier alpha value is -1.71. The fourth-order valence-electron chi connectivity index (χ4n) is 1.66. The van der Waals surface area contributed by atoms with Gasteiger partial charge in [-0.25, -0.2) is 13.6 Å². The third-order valence-corrected chi connectivity index (χ3v) is 5.42. The van der Waals surface area contributed by atoms with E-state index in [1.54, 1.807) is 26.1 Å². The molecule has 20 heavy (non-hydrogen) atoms. The molecule has 2 heterocycles. The molecule has 0 saturated heterocycles. The molecule has 1 amide bonds. The molecule has 7 nitrogen and oxygen atoms in total. The summed E-state index contributed by atoms with van der Waals surface area (Å²) >= 11 is 1.04. The number of carbonyl (C=O) groups excluding carboxylic acids is 1. The Morgan fingerprint density at radius 1 is 1.45 bits per heavy atom. The maximum atomic E-state index is 12.0. The van der Waals surface area contributed by atoms with Gasteiger partial charge in [-0.15, -0.1) is 11.3 Å². The molecule has 0 aliphatic carbocycles. The number of amides is 1. The maximum absolute atomic E-state index is 12.0. The van der Waals surface area contributed by atoms with Crippen molar-refractivity contribution in [1.29, 1.82) is 0 Å². The molecule has 0 aliphatic rings. The molecule has 2 aromatic heterocycles. The molecule has 9 heteroatoms. The van der Waals surface area contributed by atoms with Crippen LogP contribution in [0.3, 0.4) is 0 Å². The predicted octanol–water partition coefficient (Wildman–Crippen LogP) is 0.620. The van der Waals surface area contributed by atoms with E-state index >= 15 is 0 Å². The Kier molecular flexibility index (Phi) is 3.93. The number of aromatic nitrogens is 2. The van der Waals surface area contributed by atoms with E-state index in [4.69, 9.17) is 5.14 Å². The Balaban J connectivity index is 2.13. The van der Waals surface area contributed by atoms with Crippen LogP contribution in [0.2, 0.25) is 0 Å². The van der Waals surface area contributed by atoms with Crippen molar-refractivity contribution in [2.45, 2.75) is 17.2 Å². The molecular formula is C11H14N4O3S2. The second-order valence-corrected chi connectivity index (χ2v) is 7.14. The van der Waals surface area contributed by atoms with Gasteiger partial charge in [0.2, 0.25) is 10.0 Å². The third kappa shape index (κ3) is 3.06. The summed E-state index contributed by atoms with van der Waals surface area (Å²) in [7, 11) is -2.03. The van der Waals surface area contributed by atoms with Crippen LogP contribution >= 0.6 is 11.3 Å². The van der Waals surface area contributed by atoms with Gasteiger partial charge in [-0.2, -0.15) is 5.10 Å². The number of nitrogens with one attached hydrogen (secondary N) is 1. The van der Waals surface area contributed by atoms with Gasteiger partial charge in [-0.3, -0.25) is 9.48 Å². The average molecular weight is 314 g/mol. The lowest BCUT2D eigenvalue weighted by Crippen LogP contribution is -2.27. The van der Waals surface area contributed by atoms with Gasteiger partial charge in [0, 0.05) is 18.1 Å². The molecule has 2 aromatic rings. The number of hydrogen-bond donors (Lipinski definition) is 2. The van der Waals surface area contributed by atoms with E-state index in [-0.39, 0.29) is 16.2 Å². The van der Waals surface area contributed by atoms with Crippen molar-refractivity contribution in [3.63, 3.8) is 0 Å². The third-order valence-electron chi connectivity index (χ3n) is 2.71. The number of thiophene rings is 1. The van der Waals surface area contributed by atoms with Crippen LogP contribution in [0.5, 0.6) is 0 Å². The molecule has 108 valence electrons. The average Bonchev–Trinajstić information content (AvgIpc) is 2.95. The molecule has 0 fully saturated rings. The van der Waals surface area contributed by atoms with Crippen molar-refractivity contribution in [2.75, 3.05) is 0 Å². The molecule has 0 aliphatic heterocycles.